The van der Waals surface area contributed by atoms with Crippen LogP contribution in [0.2, 0.25) is 0 Å². The average Bonchev–Trinajstić information content (AvgIpc) is 3.25. The van der Waals surface area contributed by atoms with Crippen LogP contribution in [0.1, 0.15) is 30.7 Å². The molecule has 0 aliphatic carbocycles. The maximum atomic E-state index is 12.5. The molecule has 0 saturated carbocycles. The minimum atomic E-state index is -0.00826. The lowest BCUT2D eigenvalue weighted by Crippen LogP contribution is -2.40. The van der Waals surface area contributed by atoms with Crippen LogP contribution in [-0.2, 0) is 0 Å². The van der Waals surface area contributed by atoms with Gasteiger partial charge in [-0.3, -0.25) is 4.98 Å². The van der Waals surface area contributed by atoms with Gasteiger partial charge in [0.15, 0.2) is 0 Å². The number of likely N-dealkylation sites (tertiary alicyclic amines) is 1. The molecular weight excluding hydrogens is 310 g/mol. The van der Waals surface area contributed by atoms with E-state index in [0.717, 1.165) is 25.1 Å². The van der Waals surface area contributed by atoms with E-state index in [-0.39, 0.29) is 18.2 Å². The molecule has 3 rings (SSSR count). The standard InChI is InChI=1S/C17H21N3O2S/c1-2-15(16-4-3-11-23-16)19-17(21)20-10-7-14(12-20)22-13-5-8-18-9-6-13/h3-6,8-9,11,14-15H,2,7,10,12H2,1H3,(H,19,21)/t14-,15+/m1/s1. The average molecular weight is 331 g/mol. The first-order chi connectivity index (χ1) is 11.3. The summed E-state index contributed by atoms with van der Waals surface area (Å²) >= 11 is 1.68. The number of rotatable bonds is 5. The van der Waals surface area contributed by atoms with Crippen molar-refractivity contribution in [2.75, 3.05) is 13.1 Å². The fraction of sp³-hybridized carbons (Fsp3) is 0.412. The highest BCUT2D eigenvalue weighted by Crippen LogP contribution is 2.23. The summed E-state index contributed by atoms with van der Waals surface area (Å²) in [5, 5.41) is 5.17. The van der Waals surface area contributed by atoms with E-state index in [9.17, 15) is 4.79 Å². The molecule has 1 aliphatic rings. The number of carbonyl (C=O) groups is 1. The molecule has 2 atom stereocenters. The fourth-order valence-corrected chi connectivity index (χ4v) is 3.58. The molecule has 1 N–H and O–H groups in total. The highest BCUT2D eigenvalue weighted by Gasteiger charge is 2.28. The first-order valence-corrected chi connectivity index (χ1v) is 8.79. The van der Waals surface area contributed by atoms with Crippen molar-refractivity contribution >= 4 is 17.4 Å². The summed E-state index contributed by atoms with van der Waals surface area (Å²) in [6.45, 7) is 3.43. The normalized spacial score (nSPS) is 18.7. The number of pyridine rings is 1. The molecule has 1 fully saturated rings. The Balaban J connectivity index is 1.53. The van der Waals surface area contributed by atoms with Crippen molar-refractivity contribution in [3.8, 4) is 5.75 Å². The maximum Gasteiger partial charge on any atom is 0.318 e. The minimum Gasteiger partial charge on any atom is -0.488 e. The molecule has 2 aromatic heterocycles. The van der Waals surface area contributed by atoms with Crippen LogP contribution in [0, 0.1) is 0 Å². The van der Waals surface area contributed by atoms with Gasteiger partial charge in [-0.2, -0.15) is 0 Å². The van der Waals surface area contributed by atoms with Crippen molar-refractivity contribution in [1.82, 2.24) is 15.2 Å². The van der Waals surface area contributed by atoms with Gasteiger partial charge in [-0.25, -0.2) is 4.79 Å². The lowest BCUT2D eigenvalue weighted by Gasteiger charge is -2.22. The summed E-state index contributed by atoms with van der Waals surface area (Å²) in [7, 11) is 0. The number of thiophene rings is 1. The smallest absolute Gasteiger partial charge is 0.318 e. The van der Waals surface area contributed by atoms with Gasteiger partial charge in [0.25, 0.3) is 0 Å². The Kier molecular flexibility index (Phi) is 5.12. The SMILES string of the molecule is CC[C@H](NC(=O)N1CC[C@@H](Oc2ccncc2)C1)c1cccs1. The quantitative estimate of drug-likeness (QED) is 0.913. The number of hydrogen-bond donors (Lipinski definition) is 1. The van der Waals surface area contributed by atoms with Crippen molar-refractivity contribution < 1.29 is 9.53 Å². The summed E-state index contributed by atoms with van der Waals surface area (Å²) in [6.07, 6.45) is 5.20. The van der Waals surface area contributed by atoms with Crippen LogP contribution in [0.5, 0.6) is 5.75 Å². The second-order valence-corrected chi connectivity index (χ2v) is 6.56. The predicted molar refractivity (Wildman–Crippen MR) is 90.7 cm³/mol. The minimum absolute atomic E-state index is 0.00826. The van der Waals surface area contributed by atoms with Gasteiger partial charge in [0.2, 0.25) is 0 Å². The van der Waals surface area contributed by atoms with Crippen LogP contribution in [0.3, 0.4) is 0 Å². The van der Waals surface area contributed by atoms with Gasteiger partial charge in [0.05, 0.1) is 12.6 Å². The van der Waals surface area contributed by atoms with E-state index in [1.54, 1.807) is 23.7 Å². The van der Waals surface area contributed by atoms with Gasteiger partial charge in [0, 0.05) is 30.2 Å². The number of aromatic nitrogens is 1. The first kappa shape index (κ1) is 15.8. The highest BCUT2D eigenvalue weighted by molar-refractivity contribution is 7.10. The van der Waals surface area contributed by atoms with E-state index >= 15 is 0 Å². The van der Waals surface area contributed by atoms with Gasteiger partial charge < -0.3 is 15.0 Å². The molecule has 23 heavy (non-hydrogen) atoms. The van der Waals surface area contributed by atoms with Crippen molar-refractivity contribution in [3.63, 3.8) is 0 Å². The Morgan fingerprint density at radius 1 is 1.48 bits per heavy atom. The summed E-state index contributed by atoms with van der Waals surface area (Å²) < 4.78 is 5.90. The number of nitrogens with one attached hydrogen (secondary N) is 1. The van der Waals surface area contributed by atoms with Gasteiger partial charge in [-0.1, -0.05) is 13.0 Å². The monoisotopic (exact) mass is 331 g/mol. The fourth-order valence-electron chi connectivity index (χ4n) is 2.72. The van der Waals surface area contributed by atoms with Gasteiger partial charge >= 0.3 is 6.03 Å². The van der Waals surface area contributed by atoms with Crippen molar-refractivity contribution in [2.24, 2.45) is 0 Å². The summed E-state index contributed by atoms with van der Waals surface area (Å²) in [5.74, 6) is 0.803. The molecule has 122 valence electrons. The van der Waals surface area contributed by atoms with Crippen molar-refractivity contribution in [3.05, 3.63) is 46.9 Å². The van der Waals surface area contributed by atoms with Crippen LogP contribution in [0.25, 0.3) is 0 Å². The lowest BCUT2D eigenvalue weighted by molar-refractivity contribution is 0.184. The topological polar surface area (TPSA) is 54.5 Å². The second-order valence-electron chi connectivity index (χ2n) is 5.58. The zero-order chi connectivity index (χ0) is 16.1. The zero-order valence-electron chi connectivity index (χ0n) is 13.1. The van der Waals surface area contributed by atoms with Crippen molar-refractivity contribution in [1.29, 1.82) is 0 Å². The van der Waals surface area contributed by atoms with E-state index in [2.05, 4.69) is 23.3 Å². The Bertz CT molecular complexity index is 618. The summed E-state index contributed by atoms with van der Waals surface area (Å²) in [4.78, 5) is 19.5. The third kappa shape index (κ3) is 4.01. The Morgan fingerprint density at radius 3 is 3.00 bits per heavy atom. The Labute approximate surface area is 140 Å². The van der Waals surface area contributed by atoms with Crippen LogP contribution in [-0.4, -0.2) is 35.1 Å². The molecule has 1 saturated heterocycles. The van der Waals surface area contributed by atoms with Crippen LogP contribution in [0.15, 0.2) is 42.0 Å². The van der Waals surface area contributed by atoms with Crippen LogP contribution >= 0.6 is 11.3 Å². The third-order valence-electron chi connectivity index (χ3n) is 3.98. The molecular formula is C17H21N3O2S. The molecule has 1 aliphatic heterocycles. The largest absolute Gasteiger partial charge is 0.488 e. The Morgan fingerprint density at radius 2 is 2.30 bits per heavy atom. The molecule has 0 radical (unpaired) electrons. The maximum absolute atomic E-state index is 12.5. The van der Waals surface area contributed by atoms with E-state index in [4.69, 9.17) is 4.74 Å². The molecule has 2 aromatic rings. The highest BCUT2D eigenvalue weighted by atomic mass is 32.1. The molecule has 6 heteroatoms. The molecule has 2 amide bonds. The summed E-state index contributed by atoms with van der Waals surface area (Å²) in [5.41, 5.74) is 0. The molecule has 3 heterocycles. The van der Waals surface area contributed by atoms with E-state index in [0.29, 0.717) is 6.54 Å². The molecule has 0 aromatic carbocycles. The Hall–Kier alpha value is -2.08. The van der Waals surface area contributed by atoms with E-state index in [1.165, 1.54) is 4.88 Å². The van der Waals surface area contributed by atoms with Crippen LogP contribution in [0.4, 0.5) is 4.79 Å². The second kappa shape index (κ2) is 7.46. The van der Waals surface area contributed by atoms with E-state index < -0.39 is 0 Å². The van der Waals surface area contributed by atoms with Gasteiger partial charge in [-0.05, 0) is 30.0 Å². The molecule has 0 spiro atoms. The number of amides is 2. The summed E-state index contributed by atoms with van der Waals surface area (Å²) in [6, 6.07) is 7.84. The third-order valence-corrected chi connectivity index (χ3v) is 4.96. The number of hydrogen-bond acceptors (Lipinski definition) is 4. The number of urea groups is 1. The molecule has 0 bridgehead atoms. The lowest BCUT2D eigenvalue weighted by atomic mass is 10.2. The number of nitrogens with zero attached hydrogens (tertiary/aromatic N) is 2. The first-order valence-electron chi connectivity index (χ1n) is 7.91. The predicted octanol–water partition coefficient (Wildman–Crippen LogP) is 3.46. The van der Waals surface area contributed by atoms with Gasteiger partial charge in [0.1, 0.15) is 11.9 Å². The zero-order valence-corrected chi connectivity index (χ0v) is 14.0. The number of ether oxygens (including phenoxy) is 1. The molecule has 5 nitrogen and oxygen atoms in total. The van der Waals surface area contributed by atoms with Crippen molar-refractivity contribution in [2.45, 2.75) is 31.9 Å². The van der Waals surface area contributed by atoms with Crippen LogP contribution < -0.4 is 10.1 Å². The van der Waals surface area contributed by atoms with Gasteiger partial charge in [-0.15, -0.1) is 11.3 Å². The number of carbonyl (C=O) groups excluding carboxylic acids is 1. The van der Waals surface area contributed by atoms with E-state index in [1.807, 2.05) is 28.5 Å². The molecule has 0 unspecified atom stereocenters.